The highest BCUT2D eigenvalue weighted by molar-refractivity contribution is 5.97. The van der Waals surface area contributed by atoms with E-state index >= 15 is 0 Å². The van der Waals surface area contributed by atoms with Crippen molar-refractivity contribution in [2.45, 2.75) is 0 Å². The second kappa shape index (κ2) is 9.43. The number of carbonyl (C=O) groups is 2. The van der Waals surface area contributed by atoms with Gasteiger partial charge < -0.3 is 0 Å². The normalized spacial score (nSPS) is 10.9. The van der Waals surface area contributed by atoms with Crippen molar-refractivity contribution in [3.05, 3.63) is 89.8 Å². The summed E-state index contributed by atoms with van der Waals surface area (Å²) in [6.45, 7) is 0. The van der Waals surface area contributed by atoms with Crippen LogP contribution in [0, 0.1) is 0 Å². The molecule has 0 fully saturated rings. The Hall–Kier alpha value is -4.27. The Bertz CT molecular complexity index is 926. The summed E-state index contributed by atoms with van der Waals surface area (Å²) in [4.78, 5) is 36.1. The molecule has 9 heteroatoms. The van der Waals surface area contributed by atoms with Gasteiger partial charge in [0.1, 0.15) is 11.4 Å². The Morgan fingerprint density at radius 2 is 1.14 bits per heavy atom. The number of nitrogens with zero attached hydrogens (tertiary/aromatic N) is 5. The molecule has 2 N–H and O–H groups in total. The number of rotatable bonds is 6. The number of hydrogen-bond acceptors (Lipinski definition) is 7. The third-order valence-electron chi connectivity index (χ3n) is 3.39. The van der Waals surface area contributed by atoms with Gasteiger partial charge in [0.25, 0.3) is 11.8 Å². The lowest BCUT2D eigenvalue weighted by atomic mass is 10.3. The van der Waals surface area contributed by atoms with Crippen LogP contribution in [0.3, 0.4) is 0 Å². The van der Waals surface area contributed by atoms with Gasteiger partial charge >= 0.3 is 0 Å². The average molecular weight is 373 g/mol. The van der Waals surface area contributed by atoms with Crippen molar-refractivity contribution >= 4 is 24.2 Å². The van der Waals surface area contributed by atoms with E-state index in [2.05, 4.69) is 36.0 Å². The molecule has 2 amide bonds. The quantitative estimate of drug-likeness (QED) is 0.500. The predicted octanol–water partition coefficient (Wildman–Crippen LogP) is 1.40. The summed E-state index contributed by atoms with van der Waals surface area (Å²) in [5.41, 5.74) is 6.39. The van der Waals surface area contributed by atoms with Crippen molar-refractivity contribution in [1.29, 1.82) is 0 Å². The summed E-state index contributed by atoms with van der Waals surface area (Å²) in [5, 5.41) is 7.71. The first-order valence-corrected chi connectivity index (χ1v) is 8.16. The van der Waals surface area contributed by atoms with Gasteiger partial charge in [0.15, 0.2) is 0 Å². The first-order chi connectivity index (χ1) is 13.7. The van der Waals surface area contributed by atoms with Gasteiger partial charge in [0.2, 0.25) is 0 Å². The SMILES string of the molecule is O=C(N/N=C/c1ccncc1)c1cccc(C(=O)N/N=C/c2ccncc2)n1. The molecule has 0 aliphatic heterocycles. The highest BCUT2D eigenvalue weighted by Crippen LogP contribution is 2.00. The fourth-order valence-corrected chi connectivity index (χ4v) is 2.03. The Morgan fingerprint density at radius 1 is 0.714 bits per heavy atom. The molecule has 0 aliphatic carbocycles. The molecule has 3 rings (SSSR count). The number of pyridine rings is 3. The smallest absolute Gasteiger partial charge is 0.266 e. The highest BCUT2D eigenvalue weighted by Gasteiger charge is 2.11. The monoisotopic (exact) mass is 373 g/mol. The van der Waals surface area contributed by atoms with Crippen LogP contribution in [-0.2, 0) is 0 Å². The van der Waals surface area contributed by atoms with Gasteiger partial charge in [0, 0.05) is 24.8 Å². The van der Waals surface area contributed by atoms with Crippen LogP contribution in [0.25, 0.3) is 0 Å². The number of carbonyl (C=O) groups excluding carboxylic acids is 2. The summed E-state index contributed by atoms with van der Waals surface area (Å²) < 4.78 is 0. The van der Waals surface area contributed by atoms with E-state index in [4.69, 9.17) is 0 Å². The van der Waals surface area contributed by atoms with Gasteiger partial charge in [-0.25, -0.2) is 15.8 Å². The molecule has 0 spiro atoms. The topological polar surface area (TPSA) is 122 Å². The molecule has 0 bridgehead atoms. The van der Waals surface area contributed by atoms with E-state index < -0.39 is 11.8 Å². The summed E-state index contributed by atoms with van der Waals surface area (Å²) in [7, 11) is 0. The maximum atomic E-state index is 12.1. The molecule has 3 aromatic rings. The lowest BCUT2D eigenvalue weighted by Gasteiger charge is -2.02. The molecular formula is C19H15N7O2. The molecule has 0 atom stereocenters. The first-order valence-electron chi connectivity index (χ1n) is 8.16. The standard InChI is InChI=1S/C19H15N7O2/c27-18(25-22-12-14-4-8-20-9-5-14)16-2-1-3-17(24-16)19(28)26-23-13-15-6-10-21-11-7-15/h1-13H,(H,25,27)(H,26,28)/b22-12+,23-13+. The van der Waals surface area contributed by atoms with Crippen LogP contribution in [0.4, 0.5) is 0 Å². The van der Waals surface area contributed by atoms with Crippen molar-refractivity contribution in [3.63, 3.8) is 0 Å². The lowest BCUT2D eigenvalue weighted by Crippen LogP contribution is -2.23. The minimum atomic E-state index is -0.541. The van der Waals surface area contributed by atoms with Crippen LogP contribution in [0.15, 0.2) is 77.5 Å². The van der Waals surface area contributed by atoms with Crippen LogP contribution < -0.4 is 10.9 Å². The van der Waals surface area contributed by atoms with E-state index in [-0.39, 0.29) is 11.4 Å². The summed E-state index contributed by atoms with van der Waals surface area (Å²) in [6, 6.07) is 11.5. The van der Waals surface area contributed by atoms with Crippen molar-refractivity contribution < 1.29 is 9.59 Å². The first kappa shape index (κ1) is 18.5. The van der Waals surface area contributed by atoms with Crippen LogP contribution in [0.5, 0.6) is 0 Å². The molecule has 28 heavy (non-hydrogen) atoms. The van der Waals surface area contributed by atoms with Gasteiger partial charge in [0.05, 0.1) is 12.4 Å². The zero-order chi connectivity index (χ0) is 19.6. The van der Waals surface area contributed by atoms with Crippen LogP contribution in [0.2, 0.25) is 0 Å². The van der Waals surface area contributed by atoms with Gasteiger partial charge in [-0.05, 0) is 47.5 Å². The highest BCUT2D eigenvalue weighted by atomic mass is 16.2. The van der Waals surface area contributed by atoms with Gasteiger partial charge in [-0.1, -0.05) is 6.07 Å². The average Bonchev–Trinajstić information content (AvgIpc) is 2.75. The van der Waals surface area contributed by atoms with Gasteiger partial charge in [-0.2, -0.15) is 10.2 Å². The molecule has 3 aromatic heterocycles. The zero-order valence-corrected chi connectivity index (χ0v) is 14.6. The predicted molar refractivity (Wildman–Crippen MR) is 103 cm³/mol. The molecule has 0 radical (unpaired) electrons. The van der Waals surface area contributed by atoms with Gasteiger partial charge in [-0.15, -0.1) is 0 Å². The maximum Gasteiger partial charge on any atom is 0.289 e. The summed E-state index contributed by atoms with van der Waals surface area (Å²) >= 11 is 0. The fraction of sp³-hybridized carbons (Fsp3) is 0. The second-order valence-electron chi connectivity index (χ2n) is 5.37. The van der Waals surface area contributed by atoms with E-state index in [0.717, 1.165) is 11.1 Å². The molecule has 0 saturated heterocycles. The van der Waals surface area contributed by atoms with Crippen LogP contribution in [-0.4, -0.2) is 39.2 Å². The van der Waals surface area contributed by atoms with Crippen LogP contribution in [0.1, 0.15) is 32.1 Å². The van der Waals surface area contributed by atoms with Crippen molar-refractivity contribution in [2.75, 3.05) is 0 Å². The minimum absolute atomic E-state index is 0.0534. The Labute approximate surface area is 160 Å². The van der Waals surface area contributed by atoms with E-state index in [9.17, 15) is 9.59 Å². The molecule has 0 aromatic carbocycles. The maximum absolute atomic E-state index is 12.1. The number of nitrogens with one attached hydrogen (secondary N) is 2. The lowest BCUT2D eigenvalue weighted by molar-refractivity contribution is 0.0946. The van der Waals surface area contributed by atoms with Gasteiger partial charge in [-0.3, -0.25) is 19.6 Å². The largest absolute Gasteiger partial charge is 0.289 e. The van der Waals surface area contributed by atoms with Crippen LogP contribution >= 0.6 is 0 Å². The summed E-state index contributed by atoms with van der Waals surface area (Å²) in [5.74, 6) is -1.08. The minimum Gasteiger partial charge on any atom is -0.266 e. The Balaban J connectivity index is 1.59. The third-order valence-corrected chi connectivity index (χ3v) is 3.39. The molecule has 9 nitrogen and oxygen atoms in total. The number of aromatic nitrogens is 3. The molecule has 3 heterocycles. The van der Waals surface area contributed by atoms with Crippen molar-refractivity contribution in [3.8, 4) is 0 Å². The Kier molecular flexibility index (Phi) is 6.24. The van der Waals surface area contributed by atoms with Crippen molar-refractivity contribution in [2.24, 2.45) is 10.2 Å². The van der Waals surface area contributed by atoms with E-state index in [0.29, 0.717) is 0 Å². The number of hydrazone groups is 2. The molecule has 0 aliphatic rings. The Morgan fingerprint density at radius 3 is 1.57 bits per heavy atom. The number of hydrogen-bond donors (Lipinski definition) is 2. The molecule has 0 saturated carbocycles. The summed E-state index contributed by atoms with van der Waals surface area (Å²) in [6.07, 6.45) is 9.41. The fourth-order valence-electron chi connectivity index (χ4n) is 2.03. The van der Waals surface area contributed by atoms with E-state index in [1.807, 2.05) is 0 Å². The van der Waals surface area contributed by atoms with E-state index in [1.54, 1.807) is 55.1 Å². The van der Waals surface area contributed by atoms with Crippen molar-refractivity contribution in [1.82, 2.24) is 25.8 Å². The zero-order valence-electron chi connectivity index (χ0n) is 14.6. The third kappa shape index (κ3) is 5.36. The molecule has 0 unspecified atom stereocenters. The molecular weight excluding hydrogens is 358 g/mol. The number of amides is 2. The van der Waals surface area contributed by atoms with E-state index in [1.165, 1.54) is 24.6 Å². The second-order valence-corrected chi connectivity index (χ2v) is 5.37. The molecule has 138 valence electrons.